The number of rotatable bonds is 5. The molecule has 0 bridgehead atoms. The maximum Gasteiger partial charge on any atom is 0.311 e. The first-order valence-electron chi connectivity index (χ1n) is 9.46. The standard InChI is InChI=1S/C21H23N3O3/c1-3-5-14(21(26)27)17-16(13-9-7-12(2)8-10-13)18-19(23-20(17)25)22-15-6-4-11-24(15)18/h7-10,14H,3-6,11H2,1-2H3,(H,23,25)(H,26,27). The van der Waals surface area contributed by atoms with Crippen molar-refractivity contribution in [2.75, 3.05) is 0 Å². The van der Waals surface area contributed by atoms with Crippen molar-refractivity contribution in [2.24, 2.45) is 0 Å². The number of aromatic nitrogens is 3. The smallest absolute Gasteiger partial charge is 0.311 e. The van der Waals surface area contributed by atoms with E-state index in [9.17, 15) is 14.7 Å². The van der Waals surface area contributed by atoms with Gasteiger partial charge >= 0.3 is 5.97 Å². The first-order valence-corrected chi connectivity index (χ1v) is 9.46. The molecule has 2 aromatic heterocycles. The molecule has 1 atom stereocenters. The van der Waals surface area contributed by atoms with Crippen LogP contribution in [0, 0.1) is 6.92 Å². The second kappa shape index (κ2) is 6.68. The third-order valence-electron chi connectivity index (χ3n) is 5.38. The van der Waals surface area contributed by atoms with Gasteiger partial charge in [-0.3, -0.25) is 9.59 Å². The normalized spacial score (nSPS) is 14.4. The van der Waals surface area contributed by atoms with Crippen LogP contribution in [0.15, 0.2) is 29.1 Å². The lowest BCUT2D eigenvalue weighted by atomic mass is 9.88. The number of fused-ring (bicyclic) bond motifs is 3. The summed E-state index contributed by atoms with van der Waals surface area (Å²) in [7, 11) is 0. The summed E-state index contributed by atoms with van der Waals surface area (Å²) in [6.45, 7) is 4.78. The van der Waals surface area contributed by atoms with Crippen LogP contribution in [0.1, 0.15) is 49.1 Å². The van der Waals surface area contributed by atoms with E-state index in [2.05, 4.69) is 14.5 Å². The molecule has 0 saturated carbocycles. The molecular formula is C21H23N3O3. The number of aryl methyl sites for hydroxylation is 3. The highest BCUT2D eigenvalue weighted by molar-refractivity contribution is 5.95. The number of hydrogen-bond acceptors (Lipinski definition) is 3. The number of nitrogens with zero attached hydrogens (tertiary/aromatic N) is 2. The van der Waals surface area contributed by atoms with Gasteiger partial charge in [-0.2, -0.15) is 0 Å². The maximum absolute atomic E-state index is 13.0. The van der Waals surface area contributed by atoms with E-state index in [1.807, 2.05) is 38.1 Å². The molecule has 1 aliphatic heterocycles. The van der Waals surface area contributed by atoms with Crippen LogP contribution in [0.2, 0.25) is 0 Å². The molecule has 0 amide bonds. The van der Waals surface area contributed by atoms with E-state index >= 15 is 0 Å². The van der Waals surface area contributed by atoms with E-state index in [0.717, 1.165) is 47.4 Å². The molecule has 3 aromatic rings. The fourth-order valence-electron chi connectivity index (χ4n) is 4.11. The topological polar surface area (TPSA) is 88.0 Å². The monoisotopic (exact) mass is 365 g/mol. The van der Waals surface area contributed by atoms with Crippen molar-refractivity contribution in [3.63, 3.8) is 0 Å². The molecule has 0 aliphatic carbocycles. The van der Waals surface area contributed by atoms with Crippen molar-refractivity contribution in [3.8, 4) is 11.1 Å². The van der Waals surface area contributed by atoms with Gasteiger partial charge in [-0.1, -0.05) is 43.2 Å². The van der Waals surface area contributed by atoms with Gasteiger partial charge in [-0.25, -0.2) is 4.98 Å². The number of carbonyl (C=O) groups is 1. The van der Waals surface area contributed by atoms with Crippen LogP contribution in [0.4, 0.5) is 0 Å². The number of aliphatic carboxylic acids is 1. The molecule has 6 nitrogen and oxygen atoms in total. The quantitative estimate of drug-likeness (QED) is 0.723. The van der Waals surface area contributed by atoms with Crippen LogP contribution in [0.5, 0.6) is 0 Å². The van der Waals surface area contributed by atoms with Gasteiger partial charge in [0.15, 0.2) is 5.65 Å². The van der Waals surface area contributed by atoms with E-state index in [1.54, 1.807) is 0 Å². The minimum absolute atomic E-state index is 0.343. The SMILES string of the molecule is CCCC(C(=O)O)c1c(-c2ccc(C)cc2)c2c(nc3n2CCC3)[nH]c1=O. The number of imidazole rings is 1. The van der Waals surface area contributed by atoms with Gasteiger partial charge in [-0.05, 0) is 25.3 Å². The highest BCUT2D eigenvalue weighted by Gasteiger charge is 2.30. The number of carboxylic acid groups (broad SMARTS) is 1. The van der Waals surface area contributed by atoms with E-state index in [4.69, 9.17) is 0 Å². The van der Waals surface area contributed by atoms with Crippen molar-refractivity contribution in [1.82, 2.24) is 14.5 Å². The van der Waals surface area contributed by atoms with Crippen LogP contribution >= 0.6 is 0 Å². The summed E-state index contributed by atoms with van der Waals surface area (Å²) in [6, 6.07) is 7.91. The Balaban J connectivity index is 2.11. The molecule has 1 aromatic carbocycles. The Labute approximate surface area is 156 Å². The molecule has 140 valence electrons. The summed E-state index contributed by atoms with van der Waals surface area (Å²) >= 11 is 0. The predicted octanol–water partition coefficient (Wildman–Crippen LogP) is 3.61. The van der Waals surface area contributed by atoms with Crippen molar-refractivity contribution in [2.45, 2.75) is 52.0 Å². The molecule has 0 fully saturated rings. The van der Waals surface area contributed by atoms with Gasteiger partial charge in [0.2, 0.25) is 0 Å². The van der Waals surface area contributed by atoms with Crippen molar-refractivity contribution in [3.05, 3.63) is 51.6 Å². The predicted molar refractivity (Wildman–Crippen MR) is 104 cm³/mol. The van der Waals surface area contributed by atoms with Crippen molar-refractivity contribution < 1.29 is 9.90 Å². The third-order valence-corrected chi connectivity index (χ3v) is 5.38. The molecule has 3 heterocycles. The van der Waals surface area contributed by atoms with E-state index in [-0.39, 0.29) is 5.56 Å². The Kier molecular flexibility index (Phi) is 4.34. The van der Waals surface area contributed by atoms with Gasteiger partial charge in [0, 0.05) is 24.1 Å². The highest BCUT2D eigenvalue weighted by atomic mass is 16.4. The second-order valence-corrected chi connectivity index (χ2v) is 7.27. The lowest BCUT2D eigenvalue weighted by molar-refractivity contribution is -0.139. The lowest BCUT2D eigenvalue weighted by Crippen LogP contribution is -2.24. The Morgan fingerprint density at radius 2 is 2.07 bits per heavy atom. The third kappa shape index (κ3) is 2.85. The zero-order valence-electron chi connectivity index (χ0n) is 15.6. The second-order valence-electron chi connectivity index (χ2n) is 7.27. The van der Waals surface area contributed by atoms with Crippen LogP contribution in [0.3, 0.4) is 0 Å². The lowest BCUT2D eigenvalue weighted by Gasteiger charge is -2.17. The van der Waals surface area contributed by atoms with Gasteiger partial charge in [0.1, 0.15) is 5.82 Å². The minimum Gasteiger partial charge on any atom is -0.481 e. The fourth-order valence-corrected chi connectivity index (χ4v) is 4.11. The van der Waals surface area contributed by atoms with E-state index < -0.39 is 11.9 Å². The molecule has 2 N–H and O–H groups in total. The fraction of sp³-hybridized carbons (Fsp3) is 0.381. The van der Waals surface area contributed by atoms with Crippen molar-refractivity contribution in [1.29, 1.82) is 0 Å². The Hall–Kier alpha value is -2.89. The van der Waals surface area contributed by atoms with Crippen LogP contribution in [-0.2, 0) is 17.8 Å². The minimum atomic E-state index is -0.962. The van der Waals surface area contributed by atoms with Gasteiger partial charge in [0.05, 0.1) is 11.4 Å². The van der Waals surface area contributed by atoms with Crippen LogP contribution in [0.25, 0.3) is 22.3 Å². The molecule has 0 radical (unpaired) electrons. The van der Waals surface area contributed by atoms with Crippen LogP contribution in [-0.4, -0.2) is 25.6 Å². The molecule has 4 rings (SSSR count). The Bertz CT molecular complexity index is 1080. The molecule has 1 unspecified atom stereocenters. The molecular weight excluding hydrogens is 342 g/mol. The largest absolute Gasteiger partial charge is 0.481 e. The Morgan fingerprint density at radius 3 is 2.74 bits per heavy atom. The zero-order valence-corrected chi connectivity index (χ0v) is 15.6. The molecule has 27 heavy (non-hydrogen) atoms. The Morgan fingerprint density at radius 1 is 1.33 bits per heavy atom. The highest BCUT2D eigenvalue weighted by Crippen LogP contribution is 2.36. The van der Waals surface area contributed by atoms with E-state index in [0.29, 0.717) is 24.1 Å². The summed E-state index contributed by atoms with van der Waals surface area (Å²) < 4.78 is 2.13. The number of carboxylic acids is 1. The average molecular weight is 365 g/mol. The summed E-state index contributed by atoms with van der Waals surface area (Å²) in [5.74, 6) is -0.850. The number of benzene rings is 1. The molecule has 1 aliphatic rings. The average Bonchev–Trinajstić information content (AvgIpc) is 3.20. The van der Waals surface area contributed by atoms with Crippen LogP contribution < -0.4 is 5.56 Å². The zero-order chi connectivity index (χ0) is 19.1. The first-order chi connectivity index (χ1) is 13.0. The number of pyridine rings is 1. The number of nitrogens with one attached hydrogen (secondary N) is 1. The maximum atomic E-state index is 13.0. The van der Waals surface area contributed by atoms with Crippen molar-refractivity contribution >= 4 is 17.1 Å². The molecule has 0 spiro atoms. The summed E-state index contributed by atoms with van der Waals surface area (Å²) in [5.41, 5.74) is 4.09. The summed E-state index contributed by atoms with van der Waals surface area (Å²) in [6.07, 6.45) is 2.99. The first kappa shape index (κ1) is 17.5. The molecule has 6 heteroatoms. The van der Waals surface area contributed by atoms with Gasteiger partial charge < -0.3 is 14.7 Å². The number of H-pyrrole nitrogens is 1. The van der Waals surface area contributed by atoms with Gasteiger partial charge in [-0.15, -0.1) is 0 Å². The summed E-state index contributed by atoms with van der Waals surface area (Å²) in [4.78, 5) is 32.4. The number of aromatic amines is 1. The van der Waals surface area contributed by atoms with Gasteiger partial charge in [0.25, 0.3) is 5.56 Å². The van der Waals surface area contributed by atoms with E-state index in [1.165, 1.54) is 0 Å². The summed E-state index contributed by atoms with van der Waals surface area (Å²) in [5, 5.41) is 9.84. The molecule has 0 saturated heterocycles. The number of hydrogen-bond donors (Lipinski definition) is 2.